The van der Waals surface area contributed by atoms with Gasteiger partial charge in [0.05, 0.1) is 7.11 Å². The van der Waals surface area contributed by atoms with Gasteiger partial charge in [-0.2, -0.15) is 0 Å². The quantitative estimate of drug-likeness (QED) is 0.468. The number of aliphatic hydroxyl groups is 1. The van der Waals surface area contributed by atoms with Crippen LogP contribution in [0.15, 0.2) is 66.7 Å². The highest BCUT2D eigenvalue weighted by atomic mass is 31.1. The maximum absolute atomic E-state index is 11.4. The van der Waals surface area contributed by atoms with Gasteiger partial charge in [-0.1, -0.05) is 36.1 Å². The molecule has 0 aromatic heterocycles. The fourth-order valence-corrected chi connectivity index (χ4v) is 4.08. The highest BCUT2D eigenvalue weighted by Crippen LogP contribution is 2.46. The molecular formula is C26H21O4P. The predicted molar refractivity (Wildman–Crippen MR) is 123 cm³/mol. The number of fused-ring (bicyclic) bond motifs is 1. The van der Waals surface area contributed by atoms with Crippen LogP contribution in [0.4, 0.5) is 0 Å². The minimum Gasteiger partial charge on any atom is -0.497 e. The van der Waals surface area contributed by atoms with Crippen LogP contribution < -0.4 is 14.8 Å². The van der Waals surface area contributed by atoms with Crippen LogP contribution >= 0.6 is 8.46 Å². The summed E-state index contributed by atoms with van der Waals surface area (Å²) in [5.41, 5.74) is 5.94. The zero-order valence-corrected chi connectivity index (χ0v) is 18.1. The second kappa shape index (κ2) is 9.18. The minimum absolute atomic E-state index is 0.0400. The third-order valence-corrected chi connectivity index (χ3v) is 5.78. The number of allylic oxidation sites excluding steroid dienone is 1. The Morgan fingerprint density at radius 2 is 1.90 bits per heavy atom. The van der Waals surface area contributed by atoms with Gasteiger partial charge in [-0.3, -0.25) is 4.57 Å². The van der Waals surface area contributed by atoms with Crippen molar-refractivity contribution in [3.05, 3.63) is 89.0 Å². The van der Waals surface area contributed by atoms with E-state index < -0.39 is 0 Å². The first-order valence-corrected chi connectivity index (χ1v) is 10.6. The molecule has 0 saturated heterocycles. The summed E-state index contributed by atoms with van der Waals surface area (Å²) in [4.78, 5) is 0. The van der Waals surface area contributed by atoms with E-state index in [2.05, 4.69) is 24.8 Å². The lowest BCUT2D eigenvalue weighted by molar-refractivity contribution is 0.260. The van der Waals surface area contributed by atoms with Gasteiger partial charge in [0, 0.05) is 22.0 Å². The van der Waals surface area contributed by atoms with Crippen molar-refractivity contribution in [2.45, 2.75) is 13.0 Å². The lowest BCUT2D eigenvalue weighted by Crippen LogP contribution is -2.17. The lowest BCUT2D eigenvalue weighted by atomic mass is 9.86. The normalized spacial score (nSPS) is 15.0. The standard InChI is InChI=1S/C26H21O4P/c1-17-23-13-12-22(31-28)16-24(23)30-26(19-10-8-18(9-11-19)5-4-14-27)25(17)20-6-3-7-21(15-20)29-2/h3,6-13,15-16,26-27H,14H2,1-2H3. The number of hydrogen-bond acceptors (Lipinski definition) is 4. The van der Waals surface area contributed by atoms with Crippen LogP contribution in [-0.4, -0.2) is 18.8 Å². The van der Waals surface area contributed by atoms with Crippen LogP contribution in [-0.2, 0) is 4.57 Å². The van der Waals surface area contributed by atoms with Crippen molar-refractivity contribution < 1.29 is 19.1 Å². The SMILES string of the molecule is COc1cccc(C2=C(C)c3ccc(P=O)cc3OC2c2ccc(C#CCO)cc2)c1. The third kappa shape index (κ3) is 4.25. The van der Waals surface area contributed by atoms with E-state index in [4.69, 9.17) is 14.6 Å². The summed E-state index contributed by atoms with van der Waals surface area (Å²) in [5.74, 6) is 7.06. The molecule has 0 amide bonds. The summed E-state index contributed by atoms with van der Waals surface area (Å²) in [7, 11) is 1.61. The average Bonchev–Trinajstić information content (AvgIpc) is 2.82. The highest BCUT2D eigenvalue weighted by molar-refractivity contribution is 7.34. The van der Waals surface area contributed by atoms with E-state index >= 15 is 0 Å². The van der Waals surface area contributed by atoms with Crippen molar-refractivity contribution in [1.29, 1.82) is 0 Å². The van der Waals surface area contributed by atoms with E-state index in [1.807, 2.05) is 60.7 Å². The highest BCUT2D eigenvalue weighted by Gasteiger charge is 2.29. The molecule has 3 aromatic carbocycles. The summed E-state index contributed by atoms with van der Waals surface area (Å²) >= 11 is 0. The Bertz CT molecular complexity index is 1220. The van der Waals surface area contributed by atoms with Crippen molar-refractivity contribution in [2.24, 2.45) is 0 Å². The van der Waals surface area contributed by atoms with Crippen molar-refractivity contribution in [2.75, 3.05) is 13.7 Å². The molecule has 154 valence electrons. The Hall–Kier alpha value is -3.38. The second-order valence-corrected chi connectivity index (χ2v) is 7.82. The molecule has 0 spiro atoms. The molecule has 0 radical (unpaired) electrons. The minimum atomic E-state index is -0.349. The molecule has 31 heavy (non-hydrogen) atoms. The Morgan fingerprint density at radius 3 is 2.61 bits per heavy atom. The number of hydrogen-bond donors (Lipinski definition) is 1. The summed E-state index contributed by atoms with van der Waals surface area (Å²) in [5, 5.41) is 9.59. The zero-order chi connectivity index (χ0) is 21.8. The molecule has 0 aliphatic carbocycles. The molecule has 1 aliphatic heterocycles. The van der Waals surface area contributed by atoms with Crippen LogP contribution in [0.5, 0.6) is 11.5 Å². The van der Waals surface area contributed by atoms with E-state index in [-0.39, 0.29) is 21.2 Å². The molecule has 0 bridgehead atoms. The fourth-order valence-electron chi connectivity index (χ4n) is 3.78. The van der Waals surface area contributed by atoms with E-state index in [9.17, 15) is 4.57 Å². The first-order valence-electron chi connectivity index (χ1n) is 9.84. The van der Waals surface area contributed by atoms with Gasteiger partial charge in [-0.25, -0.2) is 0 Å². The summed E-state index contributed by atoms with van der Waals surface area (Å²) in [6, 6.07) is 21.4. The van der Waals surface area contributed by atoms with E-state index in [0.717, 1.165) is 39.1 Å². The van der Waals surface area contributed by atoms with Crippen molar-refractivity contribution in [3.8, 4) is 23.3 Å². The smallest absolute Gasteiger partial charge is 0.192 e. The Balaban J connectivity index is 1.87. The summed E-state index contributed by atoms with van der Waals surface area (Å²) in [6.45, 7) is 1.91. The molecule has 1 N–H and O–H groups in total. The Morgan fingerprint density at radius 1 is 1.10 bits per heavy atom. The van der Waals surface area contributed by atoms with Gasteiger partial charge in [0.25, 0.3) is 0 Å². The number of methoxy groups -OCH3 is 1. The molecule has 1 atom stereocenters. The maximum Gasteiger partial charge on any atom is 0.192 e. The number of ether oxygens (including phenoxy) is 2. The molecule has 4 nitrogen and oxygen atoms in total. The number of rotatable bonds is 4. The van der Waals surface area contributed by atoms with Gasteiger partial charge >= 0.3 is 0 Å². The largest absolute Gasteiger partial charge is 0.497 e. The van der Waals surface area contributed by atoms with Crippen molar-refractivity contribution >= 4 is 24.9 Å². The number of aliphatic hydroxyl groups excluding tert-OH is 1. The van der Waals surface area contributed by atoms with Crippen LogP contribution in [0.3, 0.4) is 0 Å². The van der Waals surface area contributed by atoms with Crippen LogP contribution in [0, 0.1) is 11.8 Å². The van der Waals surface area contributed by atoms with Gasteiger partial charge in [-0.05, 0) is 66.1 Å². The average molecular weight is 428 g/mol. The van der Waals surface area contributed by atoms with Gasteiger partial charge in [0.15, 0.2) is 8.46 Å². The molecule has 5 heteroatoms. The van der Waals surface area contributed by atoms with Gasteiger partial charge in [-0.15, -0.1) is 0 Å². The van der Waals surface area contributed by atoms with Crippen LogP contribution in [0.1, 0.15) is 35.3 Å². The maximum atomic E-state index is 11.4. The molecule has 4 rings (SSSR count). The van der Waals surface area contributed by atoms with Crippen molar-refractivity contribution in [3.63, 3.8) is 0 Å². The molecule has 0 fully saturated rings. The second-order valence-electron chi connectivity index (χ2n) is 7.12. The molecular weight excluding hydrogens is 407 g/mol. The first kappa shape index (κ1) is 20.9. The van der Waals surface area contributed by atoms with Crippen LogP contribution in [0.25, 0.3) is 11.1 Å². The van der Waals surface area contributed by atoms with Gasteiger partial charge in [0.1, 0.15) is 24.2 Å². The first-order chi connectivity index (χ1) is 15.1. The predicted octanol–water partition coefficient (Wildman–Crippen LogP) is 5.02. The van der Waals surface area contributed by atoms with Crippen LogP contribution in [0.2, 0.25) is 0 Å². The lowest BCUT2D eigenvalue weighted by Gasteiger charge is -2.31. The van der Waals surface area contributed by atoms with E-state index in [1.54, 1.807) is 7.11 Å². The number of benzene rings is 3. The topological polar surface area (TPSA) is 55.8 Å². The molecule has 1 aliphatic rings. The Kier molecular flexibility index (Phi) is 6.18. The van der Waals surface area contributed by atoms with Gasteiger partial charge < -0.3 is 14.6 Å². The van der Waals surface area contributed by atoms with Crippen molar-refractivity contribution in [1.82, 2.24) is 0 Å². The zero-order valence-electron chi connectivity index (χ0n) is 17.3. The van der Waals surface area contributed by atoms with E-state index in [1.165, 1.54) is 0 Å². The monoisotopic (exact) mass is 428 g/mol. The Labute approximate surface area is 183 Å². The van der Waals surface area contributed by atoms with E-state index in [0.29, 0.717) is 11.1 Å². The molecule has 0 saturated carbocycles. The van der Waals surface area contributed by atoms with Gasteiger partial charge in [0.2, 0.25) is 0 Å². The molecule has 3 aromatic rings. The fraction of sp³-hybridized carbons (Fsp3) is 0.154. The summed E-state index contributed by atoms with van der Waals surface area (Å²) < 4.78 is 23.3. The molecule has 1 heterocycles. The third-order valence-electron chi connectivity index (χ3n) is 5.29. The summed E-state index contributed by atoms with van der Waals surface area (Å²) in [6.07, 6.45) is -0.349. The molecule has 1 unspecified atom stereocenters.